The molecule has 4 aliphatic carbocycles. The average molecular weight is 457 g/mol. The van der Waals surface area contributed by atoms with Crippen LogP contribution in [0.4, 0.5) is 0 Å². The molecule has 4 fully saturated rings. The number of carbonyl (C=O) groups excluding carboxylic acids is 2. The van der Waals surface area contributed by atoms with E-state index in [2.05, 4.69) is 50.0 Å². The van der Waals surface area contributed by atoms with Crippen molar-refractivity contribution in [3.63, 3.8) is 0 Å². The van der Waals surface area contributed by atoms with Crippen molar-refractivity contribution in [2.24, 2.45) is 16.7 Å². The Morgan fingerprint density at radius 1 is 0.794 bits per heavy atom. The Morgan fingerprint density at radius 2 is 1.35 bits per heavy atom. The maximum atomic E-state index is 12.3. The van der Waals surface area contributed by atoms with Crippen LogP contribution < -0.4 is 0 Å². The summed E-state index contributed by atoms with van der Waals surface area (Å²) in [4.78, 5) is 24.5. The van der Waals surface area contributed by atoms with Gasteiger partial charge >= 0.3 is 11.9 Å². The molecule has 4 heteroatoms. The van der Waals surface area contributed by atoms with Crippen molar-refractivity contribution < 1.29 is 19.1 Å². The van der Waals surface area contributed by atoms with Crippen LogP contribution in [0.2, 0.25) is 0 Å². The monoisotopic (exact) mass is 456 g/mol. The number of methoxy groups -OCH3 is 2. The van der Waals surface area contributed by atoms with Crippen LogP contribution in [0.1, 0.15) is 89.8 Å². The quantitative estimate of drug-likeness (QED) is 0.426. The van der Waals surface area contributed by atoms with Gasteiger partial charge in [-0.1, -0.05) is 43.9 Å². The van der Waals surface area contributed by atoms with Gasteiger partial charge in [-0.3, -0.25) is 0 Å². The number of rotatable bonds is 3. The smallest absolute Gasteiger partial charge is 0.339 e. The van der Waals surface area contributed by atoms with Crippen LogP contribution in [0, 0.1) is 28.6 Å². The number of hydrogen-bond donors (Lipinski definition) is 0. The Kier molecular flexibility index (Phi) is 5.35. The molecule has 2 atom stereocenters. The first-order valence-corrected chi connectivity index (χ1v) is 12.1. The molecule has 6 rings (SSSR count). The summed E-state index contributed by atoms with van der Waals surface area (Å²) in [6, 6.07) is 13.5. The lowest BCUT2D eigenvalue weighted by atomic mass is 9.39. The van der Waals surface area contributed by atoms with E-state index in [4.69, 9.17) is 9.47 Å². The highest BCUT2D eigenvalue weighted by Gasteiger charge is 2.60. The van der Waals surface area contributed by atoms with Gasteiger partial charge < -0.3 is 9.47 Å². The Labute approximate surface area is 202 Å². The molecule has 0 heterocycles. The fourth-order valence-corrected chi connectivity index (χ4v) is 8.06. The second kappa shape index (κ2) is 8.01. The lowest BCUT2D eigenvalue weighted by Crippen LogP contribution is -2.56. The number of esters is 2. The van der Waals surface area contributed by atoms with Crippen LogP contribution in [0.15, 0.2) is 42.5 Å². The first-order chi connectivity index (χ1) is 16.2. The summed E-state index contributed by atoms with van der Waals surface area (Å²) < 4.78 is 9.77. The Morgan fingerprint density at radius 3 is 1.85 bits per heavy atom. The van der Waals surface area contributed by atoms with Crippen LogP contribution in [-0.4, -0.2) is 26.2 Å². The van der Waals surface area contributed by atoms with Crippen molar-refractivity contribution >= 4 is 11.9 Å². The van der Waals surface area contributed by atoms with Crippen molar-refractivity contribution in [1.29, 1.82) is 0 Å². The molecule has 2 aromatic rings. The second-order valence-electron chi connectivity index (χ2n) is 11.4. The summed E-state index contributed by atoms with van der Waals surface area (Å²) in [7, 11) is 2.63. The Bertz CT molecular complexity index is 1160. The molecule has 4 aliphatic rings. The summed E-state index contributed by atoms with van der Waals surface area (Å²) in [5.74, 6) is 5.97. The fraction of sp³-hybridized carbons (Fsp3) is 0.467. The minimum atomic E-state index is -0.533. The maximum absolute atomic E-state index is 12.3. The molecule has 0 N–H and O–H groups in total. The van der Waals surface area contributed by atoms with E-state index in [1.165, 1.54) is 58.3 Å². The van der Waals surface area contributed by atoms with Gasteiger partial charge in [0.05, 0.1) is 30.9 Å². The lowest BCUT2D eigenvalue weighted by molar-refractivity contribution is -0.110. The normalized spacial score (nSPS) is 30.9. The predicted molar refractivity (Wildman–Crippen MR) is 131 cm³/mol. The highest BCUT2D eigenvalue weighted by atomic mass is 16.5. The molecule has 0 spiro atoms. The van der Waals surface area contributed by atoms with Crippen molar-refractivity contribution in [3.05, 3.63) is 70.3 Å². The van der Waals surface area contributed by atoms with Gasteiger partial charge in [0, 0.05) is 5.56 Å². The van der Waals surface area contributed by atoms with E-state index >= 15 is 0 Å². The van der Waals surface area contributed by atoms with Gasteiger partial charge in [-0.15, -0.1) is 0 Å². The standard InChI is InChI=1S/C30H32O4/c1-28-14-21-15-29(2,17-28)19-30(16-21,18-28)22-11-8-20(9-12-22)10-13-23-24(26(31)33-3)6-5-7-25(23)27(32)34-4/h5-9,11-12,21H,14-19H2,1-4H3. The van der Waals surface area contributed by atoms with E-state index in [1.807, 2.05) is 0 Å². The first kappa shape index (κ1) is 22.7. The molecule has 34 heavy (non-hydrogen) atoms. The molecule has 2 aromatic carbocycles. The molecule has 0 saturated heterocycles. The number of carbonyl (C=O) groups is 2. The molecule has 0 aliphatic heterocycles. The molecule has 0 amide bonds. The molecule has 0 aromatic heterocycles. The van der Waals surface area contributed by atoms with Crippen LogP contribution in [0.25, 0.3) is 0 Å². The lowest BCUT2D eigenvalue weighted by Gasteiger charge is -2.65. The summed E-state index contributed by atoms with van der Waals surface area (Å²) in [5, 5.41) is 0. The van der Waals surface area contributed by atoms with Crippen molar-refractivity contribution in [2.45, 2.75) is 57.8 Å². The largest absolute Gasteiger partial charge is 0.465 e. The van der Waals surface area contributed by atoms with E-state index in [-0.39, 0.29) is 16.5 Å². The zero-order chi connectivity index (χ0) is 24.1. The Balaban J connectivity index is 1.47. The molecule has 2 unspecified atom stereocenters. The Hall–Kier alpha value is -3.06. The summed E-state index contributed by atoms with van der Waals surface area (Å²) in [6.45, 7) is 5.00. The van der Waals surface area contributed by atoms with Gasteiger partial charge in [0.15, 0.2) is 0 Å². The molecule has 0 radical (unpaired) electrons. The minimum Gasteiger partial charge on any atom is -0.465 e. The third-order valence-corrected chi connectivity index (χ3v) is 8.33. The van der Waals surface area contributed by atoms with E-state index in [0.29, 0.717) is 16.4 Å². The van der Waals surface area contributed by atoms with Crippen LogP contribution in [-0.2, 0) is 14.9 Å². The topological polar surface area (TPSA) is 52.6 Å². The third-order valence-electron chi connectivity index (χ3n) is 8.33. The van der Waals surface area contributed by atoms with Crippen LogP contribution >= 0.6 is 0 Å². The molecular weight excluding hydrogens is 424 g/mol. The van der Waals surface area contributed by atoms with Gasteiger partial charge in [-0.05, 0) is 90.5 Å². The highest BCUT2D eigenvalue weighted by molar-refractivity contribution is 5.99. The van der Waals surface area contributed by atoms with Gasteiger partial charge in [-0.25, -0.2) is 9.59 Å². The number of benzene rings is 2. The summed E-state index contributed by atoms with van der Waals surface area (Å²) in [5.41, 5.74) is 4.33. The van der Waals surface area contributed by atoms with Crippen LogP contribution in [0.5, 0.6) is 0 Å². The molecule has 4 bridgehead atoms. The average Bonchev–Trinajstić information content (AvgIpc) is 2.79. The van der Waals surface area contributed by atoms with Gasteiger partial charge in [0.1, 0.15) is 0 Å². The molecular formula is C30H32O4. The SMILES string of the molecule is COC(=O)c1cccc(C(=O)OC)c1C#Cc1ccc(C23CC4CC(C)(CC(C)(C4)C2)C3)cc1. The molecule has 4 saturated carbocycles. The van der Waals surface area contributed by atoms with E-state index in [9.17, 15) is 9.59 Å². The number of hydrogen-bond acceptors (Lipinski definition) is 4. The summed E-state index contributed by atoms with van der Waals surface area (Å²) >= 11 is 0. The zero-order valence-corrected chi connectivity index (χ0v) is 20.5. The fourth-order valence-electron chi connectivity index (χ4n) is 8.06. The van der Waals surface area contributed by atoms with E-state index in [1.54, 1.807) is 18.2 Å². The van der Waals surface area contributed by atoms with E-state index in [0.717, 1.165) is 11.5 Å². The molecule has 176 valence electrons. The van der Waals surface area contributed by atoms with Crippen molar-refractivity contribution in [2.75, 3.05) is 14.2 Å². The number of ether oxygens (including phenoxy) is 2. The van der Waals surface area contributed by atoms with E-state index < -0.39 is 11.9 Å². The van der Waals surface area contributed by atoms with Gasteiger partial charge in [-0.2, -0.15) is 0 Å². The van der Waals surface area contributed by atoms with Crippen molar-refractivity contribution in [1.82, 2.24) is 0 Å². The maximum Gasteiger partial charge on any atom is 0.339 e. The first-order valence-electron chi connectivity index (χ1n) is 12.1. The highest BCUT2D eigenvalue weighted by Crippen LogP contribution is 2.69. The van der Waals surface area contributed by atoms with Crippen LogP contribution in [0.3, 0.4) is 0 Å². The van der Waals surface area contributed by atoms with Gasteiger partial charge in [0.2, 0.25) is 0 Å². The predicted octanol–water partition coefficient (Wildman–Crippen LogP) is 5.91. The van der Waals surface area contributed by atoms with Gasteiger partial charge in [0.25, 0.3) is 0 Å². The second-order valence-corrected chi connectivity index (χ2v) is 11.4. The minimum absolute atomic E-state index is 0.254. The summed E-state index contributed by atoms with van der Waals surface area (Å²) in [6.07, 6.45) is 8.01. The third kappa shape index (κ3) is 3.82. The molecule has 4 nitrogen and oxygen atoms in total. The zero-order valence-electron chi connectivity index (χ0n) is 20.5. The van der Waals surface area contributed by atoms with Crippen molar-refractivity contribution in [3.8, 4) is 11.8 Å².